The molecule has 0 heterocycles. The topological polar surface area (TPSA) is 192 Å². The third-order valence-electron chi connectivity index (χ3n) is 2.29. The Morgan fingerprint density at radius 2 is 0.960 bits per heavy atom. The summed E-state index contributed by atoms with van der Waals surface area (Å²) in [4.78, 5) is 56.1. The summed E-state index contributed by atoms with van der Waals surface area (Å²) >= 11 is 0. The van der Waals surface area contributed by atoms with Crippen LogP contribution < -0.4 is 0 Å². The first-order chi connectivity index (χ1) is 10.8. The molecule has 0 spiro atoms. The van der Waals surface area contributed by atoms with E-state index in [0.717, 1.165) is 26.7 Å². The summed E-state index contributed by atoms with van der Waals surface area (Å²) in [5.74, 6) is -1.01. The van der Waals surface area contributed by atoms with Crippen molar-refractivity contribution in [2.75, 3.05) is 51.4 Å². The normalized spacial score (nSPS) is 17.4. The van der Waals surface area contributed by atoms with Crippen molar-refractivity contribution in [1.82, 2.24) is 0 Å². The van der Waals surface area contributed by atoms with Gasteiger partial charge >= 0.3 is 148 Å². The molecule has 0 aliphatic carbocycles. The van der Waals surface area contributed by atoms with E-state index in [1.54, 1.807) is 0 Å². The van der Waals surface area contributed by atoms with Crippen molar-refractivity contribution < 1.29 is 55.4 Å². The molecule has 0 saturated carbocycles. The summed E-state index contributed by atoms with van der Waals surface area (Å²) in [6.07, 6.45) is 0. The molecule has 0 saturated heterocycles. The molecule has 0 rings (SSSR count). The Bertz CT molecular complexity index is 470. The summed E-state index contributed by atoms with van der Waals surface area (Å²) in [7, 11) is -19.4. The van der Waals surface area contributed by atoms with Gasteiger partial charge in [-0.05, 0) is 0 Å². The predicted octanol–water partition coefficient (Wildman–Crippen LogP) is -1.08. The summed E-state index contributed by atoms with van der Waals surface area (Å²) in [5.41, 5.74) is 0. The Labute approximate surface area is 149 Å². The molecular formula is C8H30O12P4S. The van der Waals surface area contributed by atoms with E-state index >= 15 is 0 Å². The first-order valence-electron chi connectivity index (χ1n) is 7.05. The third kappa shape index (κ3) is 16.0. The van der Waals surface area contributed by atoms with E-state index in [0.29, 0.717) is 0 Å². The average Bonchev–Trinajstić information content (AvgIpc) is 2.19. The van der Waals surface area contributed by atoms with Crippen LogP contribution in [0.25, 0.3) is 0 Å². The van der Waals surface area contributed by atoms with E-state index in [1.807, 2.05) is 0 Å². The van der Waals surface area contributed by atoms with Gasteiger partial charge in [0.15, 0.2) is 0 Å². The molecule has 0 radical (unpaired) electrons. The molecule has 25 heavy (non-hydrogen) atoms. The van der Waals surface area contributed by atoms with Crippen molar-refractivity contribution in [2.24, 2.45) is 0 Å². The van der Waals surface area contributed by atoms with Gasteiger partial charge in [0.1, 0.15) is 0 Å². The molecule has 0 aliphatic rings. The van der Waals surface area contributed by atoms with Crippen LogP contribution in [0.5, 0.6) is 0 Å². The monoisotopic (exact) mass is 474 g/mol. The fourth-order valence-electron chi connectivity index (χ4n) is 1.59. The Hall–Kier alpha value is 1.27. The quantitative estimate of drug-likeness (QED) is 0.188. The van der Waals surface area contributed by atoms with Gasteiger partial charge < -0.3 is 0 Å². The molecule has 0 aromatic rings. The standard InChI is InChI=1S/C8H30O12P4S/c1-21(9,10)19-23(3,13)17-5-7-25(15,16)8-6-18-24(4,14)20-22(2,11)12/h9-14,21-24H,5-8H2,1-4H3. The van der Waals surface area contributed by atoms with Gasteiger partial charge in [0.25, 0.3) is 0 Å². The number of hydrogen-bond donors (Lipinski definition) is 6. The molecule has 17 heteroatoms. The van der Waals surface area contributed by atoms with Crippen LogP contribution >= 0.6 is 31.8 Å². The second-order valence-corrected chi connectivity index (χ2v) is 17.6. The molecule has 0 atom stereocenters. The Morgan fingerprint density at radius 1 is 0.680 bits per heavy atom. The van der Waals surface area contributed by atoms with Gasteiger partial charge in [-0.25, -0.2) is 0 Å². The second-order valence-electron chi connectivity index (χ2n) is 5.72. The van der Waals surface area contributed by atoms with Crippen molar-refractivity contribution in [3.05, 3.63) is 0 Å². The first-order valence-corrected chi connectivity index (χ1v) is 18.0. The van der Waals surface area contributed by atoms with E-state index in [-0.39, 0.29) is 0 Å². The summed E-state index contributed by atoms with van der Waals surface area (Å²) in [5, 5.41) is 0. The molecular weight excluding hydrogens is 444 g/mol. The zero-order chi connectivity index (χ0) is 20.2. The maximum atomic E-state index is 11.8. The van der Waals surface area contributed by atoms with E-state index in [4.69, 9.17) is 28.6 Å². The van der Waals surface area contributed by atoms with Gasteiger partial charge in [-0.1, -0.05) is 0 Å². The van der Waals surface area contributed by atoms with Crippen LogP contribution in [0, 0.1) is 0 Å². The van der Waals surface area contributed by atoms with Crippen molar-refractivity contribution >= 4 is 41.6 Å². The van der Waals surface area contributed by atoms with Crippen LogP contribution in [-0.4, -0.2) is 89.2 Å². The third-order valence-corrected chi connectivity index (χ3v) is 11.5. The molecule has 0 amide bonds. The molecule has 0 bridgehead atoms. The number of hydrogen-bond acceptors (Lipinski definition) is 12. The maximum absolute atomic E-state index is 11.8. The molecule has 0 aromatic carbocycles. The predicted molar refractivity (Wildman–Crippen MR) is 103 cm³/mol. The van der Waals surface area contributed by atoms with Crippen LogP contribution in [0.15, 0.2) is 0 Å². The van der Waals surface area contributed by atoms with E-state index < -0.39 is 66.3 Å². The van der Waals surface area contributed by atoms with Crippen LogP contribution in [0.2, 0.25) is 0 Å². The van der Waals surface area contributed by atoms with E-state index in [9.17, 15) is 18.2 Å². The SMILES string of the molecule is C[PH](O)(O)O[PH](C)(O)OCCS(=O)(=O)CCO[PH](C)(O)O[PH](C)(O)O. The number of rotatable bonds is 12. The van der Waals surface area contributed by atoms with Gasteiger partial charge in [0.2, 0.25) is 0 Å². The van der Waals surface area contributed by atoms with Crippen molar-refractivity contribution in [1.29, 1.82) is 0 Å². The van der Waals surface area contributed by atoms with Gasteiger partial charge in [-0.2, -0.15) is 0 Å². The van der Waals surface area contributed by atoms with Crippen LogP contribution in [0.3, 0.4) is 0 Å². The zero-order valence-electron chi connectivity index (χ0n) is 14.4. The summed E-state index contributed by atoms with van der Waals surface area (Å²) in [6, 6.07) is 0. The molecule has 160 valence electrons. The van der Waals surface area contributed by atoms with Crippen molar-refractivity contribution in [2.45, 2.75) is 0 Å². The van der Waals surface area contributed by atoms with E-state index in [2.05, 4.69) is 8.62 Å². The molecule has 12 nitrogen and oxygen atoms in total. The Morgan fingerprint density at radius 3 is 1.20 bits per heavy atom. The number of sulfone groups is 1. The van der Waals surface area contributed by atoms with Gasteiger partial charge in [0.05, 0.1) is 0 Å². The second kappa shape index (κ2) is 9.65. The molecule has 0 fully saturated rings. The fraction of sp³-hybridized carbons (Fsp3) is 1.00. The van der Waals surface area contributed by atoms with Crippen LogP contribution in [0.1, 0.15) is 0 Å². The zero-order valence-corrected chi connectivity index (χ0v) is 19.2. The van der Waals surface area contributed by atoms with Gasteiger partial charge in [0, 0.05) is 0 Å². The first kappa shape index (κ1) is 26.3. The van der Waals surface area contributed by atoms with E-state index in [1.165, 1.54) is 0 Å². The summed E-state index contributed by atoms with van der Waals surface area (Å²) < 4.78 is 42.7. The van der Waals surface area contributed by atoms with Crippen molar-refractivity contribution in [3.8, 4) is 0 Å². The average molecular weight is 474 g/mol. The van der Waals surface area contributed by atoms with Crippen molar-refractivity contribution in [3.63, 3.8) is 0 Å². The molecule has 0 aliphatic heterocycles. The summed E-state index contributed by atoms with van der Waals surface area (Å²) in [6.45, 7) is 3.35. The minimum absolute atomic E-state index is 0.436. The molecule has 0 unspecified atom stereocenters. The van der Waals surface area contributed by atoms with Gasteiger partial charge in [-0.15, -0.1) is 0 Å². The Balaban J connectivity index is 4.31. The molecule has 6 N–H and O–H groups in total. The molecule has 0 aromatic heterocycles. The van der Waals surface area contributed by atoms with Crippen LogP contribution in [-0.2, 0) is 27.5 Å². The fourth-order valence-corrected chi connectivity index (χ4v) is 9.94. The van der Waals surface area contributed by atoms with Gasteiger partial charge in [-0.3, -0.25) is 0 Å². The minimum atomic E-state index is -4.01. The van der Waals surface area contributed by atoms with Crippen LogP contribution in [0.4, 0.5) is 0 Å². The Kier molecular flexibility index (Phi) is 10.1.